The number of anilines is 1. The van der Waals surface area contributed by atoms with E-state index < -0.39 is 5.97 Å². The van der Waals surface area contributed by atoms with E-state index in [9.17, 15) is 4.79 Å². The number of carboxylic acids is 1. The van der Waals surface area contributed by atoms with E-state index in [-0.39, 0.29) is 6.42 Å². The third kappa shape index (κ3) is 5.16. The molecule has 0 aromatic carbocycles. The molecular formula is C13H22N2O3S. The number of ether oxygens (including phenoxy) is 1. The Bertz CT molecular complexity index is 395. The molecule has 6 heteroatoms. The highest BCUT2D eigenvalue weighted by atomic mass is 32.1. The Morgan fingerprint density at radius 3 is 2.95 bits per heavy atom. The molecule has 0 saturated carbocycles. The van der Waals surface area contributed by atoms with Crippen LogP contribution in [-0.2, 0) is 16.0 Å². The van der Waals surface area contributed by atoms with Gasteiger partial charge in [-0.15, -0.1) is 11.3 Å². The fraction of sp³-hybridized carbons (Fsp3) is 0.692. The summed E-state index contributed by atoms with van der Waals surface area (Å²) in [5.74, 6) is -0.785. The lowest BCUT2D eigenvalue weighted by Gasteiger charge is -2.27. The number of carbonyl (C=O) groups is 1. The van der Waals surface area contributed by atoms with Crippen molar-refractivity contribution in [3.63, 3.8) is 0 Å². The highest BCUT2D eigenvalue weighted by molar-refractivity contribution is 7.13. The maximum Gasteiger partial charge on any atom is 0.303 e. The molecule has 0 radical (unpaired) electrons. The normalized spacial score (nSPS) is 12.4. The molecule has 5 nitrogen and oxygen atoms in total. The molecular weight excluding hydrogens is 264 g/mol. The number of aromatic nitrogens is 1. The first kappa shape index (κ1) is 15.9. The Morgan fingerprint density at radius 1 is 1.63 bits per heavy atom. The minimum atomic E-state index is -0.785. The highest BCUT2D eigenvalue weighted by Crippen LogP contribution is 2.24. The predicted octanol–water partition coefficient (Wildman–Crippen LogP) is 2.41. The van der Waals surface area contributed by atoms with Crippen LogP contribution < -0.4 is 4.90 Å². The molecule has 1 aromatic rings. The highest BCUT2D eigenvalue weighted by Gasteiger charge is 2.16. The molecule has 19 heavy (non-hydrogen) atoms. The Kier molecular flexibility index (Phi) is 6.80. The van der Waals surface area contributed by atoms with Crippen LogP contribution in [0.3, 0.4) is 0 Å². The van der Waals surface area contributed by atoms with Gasteiger partial charge in [-0.05, 0) is 13.3 Å². The lowest BCUT2D eigenvalue weighted by Crippen LogP contribution is -2.35. The fourth-order valence-corrected chi connectivity index (χ4v) is 2.68. The standard InChI is InChI=1S/C13H22N2O3S/c1-4-10(2)15(7-8-18-3)13-14-11(9-19-13)5-6-12(16)17/h9-10H,4-8H2,1-3H3,(H,16,17). The largest absolute Gasteiger partial charge is 0.481 e. The topological polar surface area (TPSA) is 62.7 Å². The maximum atomic E-state index is 10.6. The predicted molar refractivity (Wildman–Crippen MR) is 77.0 cm³/mol. The van der Waals surface area contributed by atoms with Crippen molar-refractivity contribution in [2.75, 3.05) is 25.2 Å². The van der Waals surface area contributed by atoms with Crippen molar-refractivity contribution in [2.45, 2.75) is 39.2 Å². The zero-order chi connectivity index (χ0) is 14.3. The molecule has 1 rings (SSSR count). The van der Waals surface area contributed by atoms with Gasteiger partial charge in [0.1, 0.15) is 0 Å². The third-order valence-electron chi connectivity index (χ3n) is 3.04. The molecule has 1 N–H and O–H groups in total. The lowest BCUT2D eigenvalue weighted by atomic mass is 10.2. The van der Waals surface area contributed by atoms with E-state index in [1.54, 1.807) is 18.4 Å². The first-order chi connectivity index (χ1) is 9.08. The average molecular weight is 286 g/mol. The second-order valence-electron chi connectivity index (χ2n) is 4.46. The van der Waals surface area contributed by atoms with Gasteiger partial charge in [0.2, 0.25) is 0 Å². The summed E-state index contributed by atoms with van der Waals surface area (Å²) in [5.41, 5.74) is 0.855. The van der Waals surface area contributed by atoms with Gasteiger partial charge in [-0.2, -0.15) is 0 Å². The SMILES string of the molecule is CCC(C)N(CCOC)c1nc(CCC(=O)O)cs1. The molecule has 0 bridgehead atoms. The van der Waals surface area contributed by atoms with Gasteiger partial charge in [0.15, 0.2) is 5.13 Å². The summed E-state index contributed by atoms with van der Waals surface area (Å²) in [5, 5.41) is 11.6. The van der Waals surface area contributed by atoms with E-state index in [2.05, 4.69) is 23.7 Å². The van der Waals surface area contributed by atoms with Gasteiger partial charge in [-0.1, -0.05) is 6.92 Å². The molecule has 1 atom stereocenters. The van der Waals surface area contributed by atoms with Crippen LogP contribution in [0, 0.1) is 0 Å². The fourth-order valence-electron chi connectivity index (χ4n) is 1.69. The minimum Gasteiger partial charge on any atom is -0.481 e. The second kappa shape index (κ2) is 8.12. The van der Waals surface area contributed by atoms with Crippen LogP contribution in [-0.4, -0.2) is 42.4 Å². The van der Waals surface area contributed by atoms with Crippen LogP contribution in [0.4, 0.5) is 5.13 Å². The van der Waals surface area contributed by atoms with E-state index >= 15 is 0 Å². The molecule has 0 spiro atoms. The molecule has 0 amide bonds. The van der Waals surface area contributed by atoms with Crippen LogP contribution in [0.2, 0.25) is 0 Å². The molecule has 0 fully saturated rings. The van der Waals surface area contributed by atoms with Gasteiger partial charge in [-0.3, -0.25) is 4.79 Å². The first-order valence-corrected chi connectivity index (χ1v) is 7.38. The minimum absolute atomic E-state index is 0.130. The smallest absolute Gasteiger partial charge is 0.303 e. The van der Waals surface area contributed by atoms with Crippen molar-refractivity contribution in [3.8, 4) is 0 Å². The van der Waals surface area contributed by atoms with Gasteiger partial charge in [0.05, 0.1) is 18.7 Å². The van der Waals surface area contributed by atoms with Gasteiger partial charge < -0.3 is 14.7 Å². The first-order valence-electron chi connectivity index (χ1n) is 6.50. The molecule has 1 aromatic heterocycles. The van der Waals surface area contributed by atoms with E-state index in [0.717, 1.165) is 23.8 Å². The molecule has 0 saturated heterocycles. The molecule has 0 aliphatic heterocycles. The van der Waals surface area contributed by atoms with Crippen LogP contribution in [0.5, 0.6) is 0 Å². The maximum absolute atomic E-state index is 10.6. The number of rotatable bonds is 9. The monoisotopic (exact) mass is 286 g/mol. The molecule has 0 aliphatic carbocycles. The van der Waals surface area contributed by atoms with Gasteiger partial charge in [0.25, 0.3) is 0 Å². The quantitative estimate of drug-likeness (QED) is 0.755. The van der Waals surface area contributed by atoms with Crippen LogP contribution >= 0.6 is 11.3 Å². The van der Waals surface area contributed by atoms with E-state index in [4.69, 9.17) is 9.84 Å². The molecule has 108 valence electrons. The summed E-state index contributed by atoms with van der Waals surface area (Å²) in [4.78, 5) is 17.3. The van der Waals surface area contributed by atoms with Crippen molar-refractivity contribution in [3.05, 3.63) is 11.1 Å². The summed E-state index contributed by atoms with van der Waals surface area (Å²) in [6.45, 7) is 5.77. The van der Waals surface area contributed by atoms with E-state index in [0.29, 0.717) is 19.1 Å². The summed E-state index contributed by atoms with van der Waals surface area (Å²) in [7, 11) is 1.69. The molecule has 0 aliphatic rings. The third-order valence-corrected chi connectivity index (χ3v) is 3.97. The summed E-state index contributed by atoms with van der Waals surface area (Å²) in [6.07, 6.45) is 1.66. The van der Waals surface area contributed by atoms with Gasteiger partial charge in [0, 0.05) is 31.5 Å². The Labute approximate surface area is 118 Å². The Morgan fingerprint density at radius 2 is 2.37 bits per heavy atom. The number of nitrogens with zero attached hydrogens (tertiary/aromatic N) is 2. The molecule has 1 heterocycles. The van der Waals surface area contributed by atoms with Crippen LogP contribution in [0.1, 0.15) is 32.4 Å². The van der Waals surface area contributed by atoms with Crippen molar-refractivity contribution < 1.29 is 14.6 Å². The van der Waals surface area contributed by atoms with Crippen molar-refractivity contribution in [1.82, 2.24) is 4.98 Å². The molecule has 1 unspecified atom stereocenters. The van der Waals surface area contributed by atoms with Crippen molar-refractivity contribution in [2.24, 2.45) is 0 Å². The average Bonchev–Trinajstić information content (AvgIpc) is 2.85. The number of carboxylic acid groups (broad SMARTS) is 1. The van der Waals surface area contributed by atoms with E-state index in [1.807, 2.05) is 5.38 Å². The Hall–Kier alpha value is -1.14. The zero-order valence-corrected chi connectivity index (χ0v) is 12.6. The Balaban J connectivity index is 2.70. The number of aryl methyl sites for hydroxylation is 1. The number of hydrogen-bond acceptors (Lipinski definition) is 5. The van der Waals surface area contributed by atoms with Crippen LogP contribution in [0.15, 0.2) is 5.38 Å². The zero-order valence-electron chi connectivity index (χ0n) is 11.8. The number of methoxy groups -OCH3 is 1. The van der Waals surface area contributed by atoms with Crippen molar-refractivity contribution in [1.29, 1.82) is 0 Å². The summed E-state index contributed by atoms with van der Waals surface area (Å²) < 4.78 is 5.13. The van der Waals surface area contributed by atoms with E-state index in [1.165, 1.54) is 0 Å². The number of aliphatic carboxylic acids is 1. The van der Waals surface area contributed by atoms with Crippen LogP contribution in [0.25, 0.3) is 0 Å². The number of thiazole rings is 1. The van der Waals surface area contributed by atoms with Crippen molar-refractivity contribution >= 4 is 22.4 Å². The van der Waals surface area contributed by atoms with Gasteiger partial charge >= 0.3 is 5.97 Å². The summed E-state index contributed by atoms with van der Waals surface area (Å²) >= 11 is 1.57. The second-order valence-corrected chi connectivity index (χ2v) is 5.30. The number of hydrogen-bond donors (Lipinski definition) is 1. The summed E-state index contributed by atoms with van der Waals surface area (Å²) in [6, 6.07) is 0.397. The van der Waals surface area contributed by atoms with Gasteiger partial charge in [-0.25, -0.2) is 4.98 Å². The lowest BCUT2D eigenvalue weighted by molar-refractivity contribution is -0.136.